The largest absolute Gasteiger partial charge is 0.342 e. The fourth-order valence-corrected chi connectivity index (χ4v) is 1.60. The van der Waals surface area contributed by atoms with Gasteiger partial charge in [0.1, 0.15) is 0 Å². The second-order valence-electron chi connectivity index (χ2n) is 3.28. The SMILES string of the molecule is O=c1[nH]nc(N/N=C/c2cccc(Br)c2)c(=O)[nH]1. The van der Waals surface area contributed by atoms with Gasteiger partial charge in [0.25, 0.3) is 5.56 Å². The Labute approximate surface area is 109 Å². The summed E-state index contributed by atoms with van der Waals surface area (Å²) in [7, 11) is 0. The summed E-state index contributed by atoms with van der Waals surface area (Å²) in [5.74, 6) is -0.0825. The normalized spacial score (nSPS) is 10.7. The summed E-state index contributed by atoms with van der Waals surface area (Å²) in [6.07, 6.45) is 1.52. The van der Waals surface area contributed by atoms with Gasteiger partial charge in [-0.15, -0.1) is 5.10 Å². The van der Waals surface area contributed by atoms with Crippen molar-refractivity contribution in [3.05, 3.63) is 55.1 Å². The van der Waals surface area contributed by atoms with Crippen LogP contribution in [-0.4, -0.2) is 21.4 Å². The van der Waals surface area contributed by atoms with Gasteiger partial charge in [0, 0.05) is 4.47 Å². The van der Waals surface area contributed by atoms with Gasteiger partial charge in [0.2, 0.25) is 5.82 Å². The van der Waals surface area contributed by atoms with Crippen LogP contribution in [0.4, 0.5) is 5.82 Å². The van der Waals surface area contributed by atoms with E-state index in [9.17, 15) is 9.59 Å². The molecule has 0 bridgehead atoms. The molecule has 0 radical (unpaired) electrons. The molecule has 2 rings (SSSR count). The molecule has 0 spiro atoms. The molecule has 0 atom stereocenters. The van der Waals surface area contributed by atoms with Crippen LogP contribution in [0, 0.1) is 0 Å². The monoisotopic (exact) mass is 309 g/mol. The van der Waals surface area contributed by atoms with Crippen LogP contribution in [0.1, 0.15) is 5.56 Å². The minimum absolute atomic E-state index is 0.0825. The summed E-state index contributed by atoms with van der Waals surface area (Å²) in [4.78, 5) is 24.0. The third kappa shape index (κ3) is 3.14. The van der Waals surface area contributed by atoms with Crippen LogP contribution in [0.25, 0.3) is 0 Å². The Morgan fingerprint density at radius 3 is 2.94 bits per heavy atom. The summed E-state index contributed by atoms with van der Waals surface area (Å²) >= 11 is 3.33. The number of halogens is 1. The highest BCUT2D eigenvalue weighted by Gasteiger charge is 1.98. The Balaban J connectivity index is 2.12. The smallest absolute Gasteiger partial charge is 0.270 e. The first-order valence-electron chi connectivity index (χ1n) is 4.89. The van der Waals surface area contributed by atoms with Crippen LogP contribution in [0.15, 0.2) is 43.4 Å². The molecule has 1 heterocycles. The molecular weight excluding hydrogens is 302 g/mol. The van der Waals surface area contributed by atoms with Crippen molar-refractivity contribution < 1.29 is 0 Å². The number of nitrogens with zero attached hydrogens (tertiary/aromatic N) is 2. The standard InChI is InChI=1S/C10H8BrN5O2/c11-7-3-1-2-6(4-7)5-12-14-8-9(17)13-10(18)16-15-8/h1-5H,(H,14,15)(H2,13,16,17,18)/b12-5+. The van der Waals surface area contributed by atoms with E-state index in [0.717, 1.165) is 10.0 Å². The lowest BCUT2D eigenvalue weighted by molar-refractivity contribution is 0.890. The van der Waals surface area contributed by atoms with E-state index in [4.69, 9.17) is 0 Å². The van der Waals surface area contributed by atoms with E-state index in [1.54, 1.807) is 0 Å². The molecule has 18 heavy (non-hydrogen) atoms. The highest BCUT2D eigenvalue weighted by molar-refractivity contribution is 9.10. The molecule has 1 aromatic carbocycles. The summed E-state index contributed by atoms with van der Waals surface area (Å²) < 4.78 is 0.923. The Hall–Kier alpha value is -2.22. The number of hydrazone groups is 1. The van der Waals surface area contributed by atoms with Gasteiger partial charge < -0.3 is 0 Å². The molecule has 0 unspecified atom stereocenters. The van der Waals surface area contributed by atoms with Gasteiger partial charge in [0.05, 0.1) is 6.21 Å². The maximum Gasteiger partial charge on any atom is 0.342 e. The molecule has 8 heteroatoms. The number of aromatic nitrogens is 3. The van der Waals surface area contributed by atoms with E-state index >= 15 is 0 Å². The lowest BCUT2D eigenvalue weighted by Crippen LogP contribution is -2.25. The molecule has 0 amide bonds. The van der Waals surface area contributed by atoms with Crippen molar-refractivity contribution in [2.45, 2.75) is 0 Å². The topological polar surface area (TPSA) is 103 Å². The number of hydrogen-bond donors (Lipinski definition) is 3. The van der Waals surface area contributed by atoms with Crippen molar-refractivity contribution in [1.29, 1.82) is 0 Å². The van der Waals surface area contributed by atoms with E-state index in [1.165, 1.54) is 6.21 Å². The fraction of sp³-hybridized carbons (Fsp3) is 0. The molecule has 2 aromatic rings. The van der Waals surface area contributed by atoms with Crippen molar-refractivity contribution in [1.82, 2.24) is 15.2 Å². The van der Waals surface area contributed by atoms with Crippen LogP contribution < -0.4 is 16.7 Å². The van der Waals surface area contributed by atoms with Crippen molar-refractivity contribution in [2.24, 2.45) is 5.10 Å². The minimum Gasteiger partial charge on any atom is -0.270 e. The molecule has 3 N–H and O–H groups in total. The average Bonchev–Trinajstić information content (AvgIpc) is 2.32. The number of hydrogen-bond acceptors (Lipinski definition) is 5. The number of nitrogens with one attached hydrogen (secondary N) is 3. The predicted molar refractivity (Wildman–Crippen MR) is 70.8 cm³/mol. The first kappa shape index (κ1) is 12.2. The fourth-order valence-electron chi connectivity index (χ4n) is 1.18. The molecule has 7 nitrogen and oxygen atoms in total. The molecule has 0 fully saturated rings. The van der Waals surface area contributed by atoms with Gasteiger partial charge in [-0.3, -0.25) is 15.2 Å². The Morgan fingerprint density at radius 2 is 2.22 bits per heavy atom. The molecule has 0 aliphatic rings. The molecule has 0 saturated carbocycles. The maximum absolute atomic E-state index is 11.3. The van der Waals surface area contributed by atoms with E-state index in [0.29, 0.717) is 0 Å². The second-order valence-corrected chi connectivity index (χ2v) is 4.20. The zero-order valence-electron chi connectivity index (χ0n) is 8.98. The van der Waals surface area contributed by atoms with Crippen LogP contribution in [0.3, 0.4) is 0 Å². The van der Waals surface area contributed by atoms with Crippen LogP contribution >= 0.6 is 15.9 Å². The minimum atomic E-state index is -0.665. The maximum atomic E-state index is 11.3. The zero-order valence-corrected chi connectivity index (χ0v) is 10.6. The Kier molecular flexibility index (Phi) is 3.68. The number of H-pyrrole nitrogens is 2. The van der Waals surface area contributed by atoms with Crippen LogP contribution in [-0.2, 0) is 0 Å². The summed E-state index contributed by atoms with van der Waals surface area (Å²) in [6.45, 7) is 0. The second kappa shape index (κ2) is 5.41. The van der Waals surface area contributed by atoms with E-state index in [-0.39, 0.29) is 5.82 Å². The quantitative estimate of drug-likeness (QED) is 0.572. The average molecular weight is 310 g/mol. The van der Waals surface area contributed by atoms with Gasteiger partial charge in [-0.1, -0.05) is 28.1 Å². The van der Waals surface area contributed by atoms with Gasteiger partial charge in [-0.2, -0.15) is 5.10 Å². The first-order chi connectivity index (χ1) is 8.65. The lowest BCUT2D eigenvalue weighted by atomic mass is 10.2. The zero-order chi connectivity index (χ0) is 13.0. The van der Waals surface area contributed by atoms with Gasteiger partial charge in [0.15, 0.2) is 0 Å². The third-order valence-electron chi connectivity index (χ3n) is 1.94. The summed E-state index contributed by atoms with van der Waals surface area (Å²) in [6, 6.07) is 7.45. The first-order valence-corrected chi connectivity index (χ1v) is 5.68. The third-order valence-corrected chi connectivity index (χ3v) is 2.44. The van der Waals surface area contributed by atoms with Gasteiger partial charge in [-0.25, -0.2) is 9.89 Å². The number of anilines is 1. The van der Waals surface area contributed by atoms with Crippen LogP contribution in [0.5, 0.6) is 0 Å². The lowest BCUT2D eigenvalue weighted by Gasteiger charge is -1.96. The molecule has 0 saturated heterocycles. The summed E-state index contributed by atoms with van der Waals surface area (Å²) in [5.41, 5.74) is 1.98. The highest BCUT2D eigenvalue weighted by Crippen LogP contribution is 2.09. The van der Waals surface area contributed by atoms with E-state index < -0.39 is 11.2 Å². The van der Waals surface area contributed by atoms with Gasteiger partial charge >= 0.3 is 5.69 Å². The van der Waals surface area contributed by atoms with E-state index in [1.807, 2.05) is 29.2 Å². The van der Waals surface area contributed by atoms with Crippen molar-refractivity contribution in [2.75, 3.05) is 5.43 Å². The molecule has 1 aromatic heterocycles. The number of rotatable bonds is 3. The Morgan fingerprint density at radius 1 is 1.39 bits per heavy atom. The Bertz CT molecular complexity index is 691. The van der Waals surface area contributed by atoms with Crippen LogP contribution in [0.2, 0.25) is 0 Å². The van der Waals surface area contributed by atoms with Crippen molar-refractivity contribution >= 4 is 28.0 Å². The van der Waals surface area contributed by atoms with Gasteiger partial charge in [-0.05, 0) is 17.7 Å². The molecule has 0 aliphatic carbocycles. The number of benzene rings is 1. The molecule has 0 aliphatic heterocycles. The summed E-state index contributed by atoms with van der Waals surface area (Å²) in [5, 5.41) is 9.45. The predicted octanol–water partition coefficient (Wildman–Crippen LogP) is 0.667. The van der Waals surface area contributed by atoms with E-state index in [2.05, 4.69) is 36.7 Å². The van der Waals surface area contributed by atoms with Crippen molar-refractivity contribution in [3.8, 4) is 0 Å². The van der Waals surface area contributed by atoms with Crippen molar-refractivity contribution in [3.63, 3.8) is 0 Å². The number of aromatic amines is 2. The molecule has 92 valence electrons. The highest BCUT2D eigenvalue weighted by atomic mass is 79.9. The molecular formula is C10H8BrN5O2.